The molecule has 2 amide bonds. The molecular weight excluding hydrogens is 308 g/mol. The average molecular weight is 328 g/mol. The summed E-state index contributed by atoms with van der Waals surface area (Å²) < 4.78 is 0. The molecule has 24 heavy (non-hydrogen) atoms. The number of H-pyrrole nitrogens is 1. The Hall–Kier alpha value is -2.96. The maximum Gasteiger partial charge on any atom is 0.271 e. The minimum Gasteiger partial charge on any atom is -0.350 e. The van der Waals surface area contributed by atoms with E-state index in [9.17, 15) is 14.4 Å². The summed E-state index contributed by atoms with van der Waals surface area (Å²) in [6.07, 6.45) is 0.855. The molecule has 0 bridgehead atoms. The molecule has 1 aromatic carbocycles. The van der Waals surface area contributed by atoms with Gasteiger partial charge in [0, 0.05) is 24.2 Å². The van der Waals surface area contributed by atoms with Crippen LogP contribution in [0.1, 0.15) is 46.7 Å². The molecule has 0 radical (unpaired) electrons. The van der Waals surface area contributed by atoms with Crippen LogP contribution in [0, 0.1) is 0 Å². The number of aromatic nitrogens is 2. The molecule has 2 aromatic rings. The fourth-order valence-corrected chi connectivity index (χ4v) is 1.98. The van der Waals surface area contributed by atoms with Crippen molar-refractivity contribution in [3.8, 4) is 0 Å². The Balaban J connectivity index is 1.99. The molecule has 7 nitrogen and oxygen atoms in total. The number of benzene rings is 1. The van der Waals surface area contributed by atoms with E-state index in [0.717, 1.165) is 12.0 Å². The Labute approximate surface area is 139 Å². The number of aromatic amines is 1. The molecular formula is C17H20N4O3. The third-order valence-corrected chi connectivity index (χ3v) is 3.54. The van der Waals surface area contributed by atoms with Crippen LogP contribution in [0.25, 0.3) is 0 Å². The van der Waals surface area contributed by atoms with Gasteiger partial charge in [-0.1, -0.05) is 19.1 Å². The van der Waals surface area contributed by atoms with E-state index in [-0.39, 0.29) is 29.7 Å². The van der Waals surface area contributed by atoms with Crippen molar-refractivity contribution in [1.82, 2.24) is 20.8 Å². The zero-order valence-electron chi connectivity index (χ0n) is 13.6. The second-order valence-corrected chi connectivity index (χ2v) is 5.47. The molecule has 0 saturated carbocycles. The number of rotatable bonds is 6. The van der Waals surface area contributed by atoms with Gasteiger partial charge in [0.25, 0.3) is 17.4 Å². The second kappa shape index (κ2) is 8.05. The van der Waals surface area contributed by atoms with E-state index in [1.54, 1.807) is 18.2 Å². The lowest BCUT2D eigenvalue weighted by atomic mass is 10.1. The van der Waals surface area contributed by atoms with Crippen molar-refractivity contribution in [3.63, 3.8) is 0 Å². The Bertz CT molecular complexity index is 765. The first kappa shape index (κ1) is 17.4. The maximum absolute atomic E-state index is 12.1. The van der Waals surface area contributed by atoms with Gasteiger partial charge in [-0.05, 0) is 37.1 Å². The summed E-state index contributed by atoms with van der Waals surface area (Å²) in [4.78, 5) is 35.0. The Morgan fingerprint density at radius 3 is 2.67 bits per heavy atom. The van der Waals surface area contributed by atoms with Gasteiger partial charge in [0.05, 0.1) is 0 Å². The van der Waals surface area contributed by atoms with Gasteiger partial charge in [-0.2, -0.15) is 5.10 Å². The topological polar surface area (TPSA) is 104 Å². The number of carbonyl (C=O) groups excluding carboxylic acids is 2. The summed E-state index contributed by atoms with van der Waals surface area (Å²) in [5.41, 5.74) is 1.10. The highest BCUT2D eigenvalue weighted by atomic mass is 16.2. The molecule has 7 heteroatoms. The molecule has 0 aliphatic rings. The van der Waals surface area contributed by atoms with Crippen LogP contribution < -0.4 is 16.2 Å². The maximum atomic E-state index is 12.1. The normalized spacial score (nSPS) is 11.6. The number of nitrogens with zero attached hydrogens (tertiary/aromatic N) is 1. The van der Waals surface area contributed by atoms with Crippen LogP contribution in [-0.2, 0) is 6.54 Å². The van der Waals surface area contributed by atoms with Gasteiger partial charge in [0.15, 0.2) is 0 Å². The van der Waals surface area contributed by atoms with E-state index in [2.05, 4.69) is 20.8 Å². The van der Waals surface area contributed by atoms with E-state index in [1.165, 1.54) is 12.1 Å². The smallest absolute Gasteiger partial charge is 0.271 e. The van der Waals surface area contributed by atoms with E-state index in [1.807, 2.05) is 19.9 Å². The first-order valence-electron chi connectivity index (χ1n) is 7.73. The summed E-state index contributed by atoms with van der Waals surface area (Å²) in [6, 6.07) is 9.75. The van der Waals surface area contributed by atoms with E-state index in [4.69, 9.17) is 0 Å². The monoisotopic (exact) mass is 328 g/mol. The first-order chi connectivity index (χ1) is 11.5. The highest BCUT2D eigenvalue weighted by molar-refractivity contribution is 5.94. The number of hydrogen-bond donors (Lipinski definition) is 3. The van der Waals surface area contributed by atoms with Gasteiger partial charge in [0.1, 0.15) is 5.69 Å². The fourth-order valence-electron chi connectivity index (χ4n) is 1.98. The lowest BCUT2D eigenvalue weighted by Crippen LogP contribution is -2.32. The van der Waals surface area contributed by atoms with Crippen molar-refractivity contribution in [1.29, 1.82) is 0 Å². The Morgan fingerprint density at radius 1 is 1.21 bits per heavy atom. The minimum absolute atomic E-state index is 0.104. The molecule has 0 aliphatic heterocycles. The van der Waals surface area contributed by atoms with Gasteiger partial charge in [-0.25, -0.2) is 5.10 Å². The minimum atomic E-state index is -0.402. The molecule has 1 aromatic heterocycles. The second-order valence-electron chi connectivity index (χ2n) is 5.47. The fraction of sp³-hybridized carbons (Fsp3) is 0.294. The van der Waals surface area contributed by atoms with Crippen LogP contribution in [0.4, 0.5) is 0 Å². The highest BCUT2D eigenvalue weighted by Gasteiger charge is 2.10. The van der Waals surface area contributed by atoms with Gasteiger partial charge < -0.3 is 10.6 Å². The van der Waals surface area contributed by atoms with Crippen LogP contribution in [0.15, 0.2) is 41.2 Å². The van der Waals surface area contributed by atoms with Crippen molar-refractivity contribution < 1.29 is 9.59 Å². The van der Waals surface area contributed by atoms with Gasteiger partial charge in [-0.15, -0.1) is 0 Å². The van der Waals surface area contributed by atoms with Crippen LogP contribution in [-0.4, -0.2) is 28.1 Å². The average Bonchev–Trinajstić information content (AvgIpc) is 2.60. The predicted molar refractivity (Wildman–Crippen MR) is 89.7 cm³/mol. The summed E-state index contributed by atoms with van der Waals surface area (Å²) in [5.74, 6) is -0.541. The molecule has 1 atom stereocenters. The molecule has 0 saturated heterocycles. The lowest BCUT2D eigenvalue weighted by molar-refractivity contribution is 0.0935. The quantitative estimate of drug-likeness (QED) is 0.742. The van der Waals surface area contributed by atoms with E-state index >= 15 is 0 Å². The Kier molecular flexibility index (Phi) is 5.83. The highest BCUT2D eigenvalue weighted by Crippen LogP contribution is 2.06. The van der Waals surface area contributed by atoms with Crippen LogP contribution in [0.2, 0.25) is 0 Å². The van der Waals surface area contributed by atoms with Crippen molar-refractivity contribution in [2.75, 3.05) is 0 Å². The number of amides is 2. The molecule has 0 fully saturated rings. The molecule has 126 valence electrons. The summed E-state index contributed by atoms with van der Waals surface area (Å²) in [7, 11) is 0. The van der Waals surface area contributed by atoms with Gasteiger partial charge >= 0.3 is 0 Å². The first-order valence-corrected chi connectivity index (χ1v) is 7.73. The van der Waals surface area contributed by atoms with Crippen LogP contribution in [0.5, 0.6) is 0 Å². The Morgan fingerprint density at radius 2 is 2.00 bits per heavy atom. The van der Waals surface area contributed by atoms with Crippen molar-refractivity contribution in [3.05, 3.63) is 63.6 Å². The third-order valence-electron chi connectivity index (χ3n) is 3.54. The zero-order chi connectivity index (χ0) is 17.5. The summed E-state index contributed by atoms with van der Waals surface area (Å²) in [5, 5.41) is 11.5. The van der Waals surface area contributed by atoms with Crippen molar-refractivity contribution in [2.24, 2.45) is 0 Å². The predicted octanol–water partition coefficient (Wildman–Crippen LogP) is 1.23. The third kappa shape index (κ3) is 4.77. The number of nitrogens with one attached hydrogen (secondary N) is 3. The number of hydrogen-bond acceptors (Lipinski definition) is 4. The molecule has 2 rings (SSSR count). The summed E-state index contributed by atoms with van der Waals surface area (Å²) >= 11 is 0. The van der Waals surface area contributed by atoms with Crippen molar-refractivity contribution >= 4 is 11.8 Å². The van der Waals surface area contributed by atoms with E-state index < -0.39 is 5.91 Å². The van der Waals surface area contributed by atoms with Gasteiger partial charge in [0.2, 0.25) is 0 Å². The van der Waals surface area contributed by atoms with Crippen molar-refractivity contribution in [2.45, 2.75) is 32.9 Å². The summed E-state index contributed by atoms with van der Waals surface area (Å²) in [6.45, 7) is 4.20. The van der Waals surface area contributed by atoms with Crippen LogP contribution >= 0.6 is 0 Å². The zero-order valence-corrected chi connectivity index (χ0v) is 13.6. The van der Waals surface area contributed by atoms with E-state index in [0.29, 0.717) is 5.56 Å². The largest absolute Gasteiger partial charge is 0.350 e. The van der Waals surface area contributed by atoms with Gasteiger partial charge in [-0.3, -0.25) is 14.4 Å². The standard InChI is InChI=1S/C17H20N4O3/c1-3-11(2)19-16(23)13-6-4-5-12(9-13)10-18-17(24)14-7-8-15(22)21-20-14/h4-9,11H,3,10H2,1-2H3,(H,18,24)(H,19,23)(H,21,22). The lowest BCUT2D eigenvalue weighted by Gasteiger charge is -2.12. The SMILES string of the molecule is CCC(C)NC(=O)c1cccc(CNC(=O)c2ccc(=O)[nH]n2)c1. The molecule has 0 aliphatic carbocycles. The number of carbonyl (C=O) groups is 2. The van der Waals surface area contributed by atoms with Crippen LogP contribution in [0.3, 0.4) is 0 Å². The molecule has 3 N–H and O–H groups in total. The molecule has 1 heterocycles. The molecule has 0 spiro atoms. The molecule has 1 unspecified atom stereocenters.